The maximum Gasteiger partial charge on any atom is 0.161 e. The van der Waals surface area contributed by atoms with Crippen LogP contribution in [0.15, 0.2) is 35.2 Å². The van der Waals surface area contributed by atoms with Crippen molar-refractivity contribution in [2.75, 3.05) is 0 Å². The first-order valence-corrected chi connectivity index (χ1v) is 7.48. The fourth-order valence-corrected chi connectivity index (χ4v) is 3.22. The first-order chi connectivity index (χ1) is 9.74. The van der Waals surface area contributed by atoms with Crippen molar-refractivity contribution in [2.45, 2.75) is 25.8 Å². The van der Waals surface area contributed by atoms with E-state index < -0.39 is 0 Å². The second-order valence-corrected chi connectivity index (χ2v) is 6.04. The summed E-state index contributed by atoms with van der Waals surface area (Å²) in [6.07, 6.45) is 8.16. The molecular formula is C15H13BrN4. The largest absolute Gasteiger partial charge is 0.328 e. The average molecular weight is 329 g/mol. The Kier molecular flexibility index (Phi) is 2.63. The van der Waals surface area contributed by atoms with Crippen LogP contribution >= 0.6 is 15.9 Å². The number of hydrogen-bond donors (Lipinski definition) is 0. The molecule has 0 saturated heterocycles. The van der Waals surface area contributed by atoms with Crippen LogP contribution in [0.1, 0.15) is 24.6 Å². The summed E-state index contributed by atoms with van der Waals surface area (Å²) in [4.78, 5) is 13.5. The van der Waals surface area contributed by atoms with E-state index in [4.69, 9.17) is 4.98 Å². The summed E-state index contributed by atoms with van der Waals surface area (Å²) in [5.74, 6) is 0.768. The van der Waals surface area contributed by atoms with Crippen LogP contribution in [0.5, 0.6) is 0 Å². The van der Waals surface area contributed by atoms with Crippen LogP contribution in [0.2, 0.25) is 0 Å². The van der Waals surface area contributed by atoms with Crippen LogP contribution in [0.4, 0.5) is 0 Å². The third-order valence-corrected chi connectivity index (χ3v) is 4.29. The van der Waals surface area contributed by atoms with E-state index in [0.29, 0.717) is 6.04 Å². The van der Waals surface area contributed by atoms with Crippen LogP contribution < -0.4 is 0 Å². The van der Waals surface area contributed by atoms with Crippen molar-refractivity contribution in [3.05, 3.63) is 40.9 Å². The predicted molar refractivity (Wildman–Crippen MR) is 81.5 cm³/mol. The summed E-state index contributed by atoms with van der Waals surface area (Å²) in [6.45, 7) is 2.04. The van der Waals surface area contributed by atoms with Gasteiger partial charge in [0.05, 0.1) is 11.1 Å². The van der Waals surface area contributed by atoms with Gasteiger partial charge in [-0.05, 0) is 47.8 Å². The quantitative estimate of drug-likeness (QED) is 0.716. The number of pyridine rings is 1. The fraction of sp³-hybridized carbons (Fsp3) is 0.267. The molecule has 1 aliphatic rings. The van der Waals surface area contributed by atoms with Gasteiger partial charge >= 0.3 is 0 Å². The topological polar surface area (TPSA) is 43.6 Å². The van der Waals surface area contributed by atoms with Crippen molar-refractivity contribution in [1.29, 1.82) is 0 Å². The first-order valence-electron chi connectivity index (χ1n) is 6.69. The van der Waals surface area contributed by atoms with E-state index in [1.807, 2.05) is 19.1 Å². The molecule has 20 heavy (non-hydrogen) atoms. The SMILES string of the molecule is Cc1nc(-c2ccncc2)nc2c1c(Br)cn2C1CC1. The summed E-state index contributed by atoms with van der Waals surface area (Å²) in [5, 5.41) is 1.12. The highest BCUT2D eigenvalue weighted by Crippen LogP contribution is 2.40. The average Bonchev–Trinajstić information content (AvgIpc) is 3.24. The van der Waals surface area contributed by atoms with Crippen LogP contribution in [0.3, 0.4) is 0 Å². The summed E-state index contributed by atoms with van der Waals surface area (Å²) in [5.41, 5.74) is 3.04. The standard InChI is InChI=1S/C15H13BrN4/c1-9-13-12(16)8-20(11-2-3-11)15(13)19-14(18-9)10-4-6-17-7-5-10/h4-8,11H,2-3H2,1H3. The van der Waals surface area contributed by atoms with Crippen molar-refractivity contribution in [2.24, 2.45) is 0 Å². The Hall–Kier alpha value is -1.75. The lowest BCUT2D eigenvalue weighted by atomic mass is 10.2. The lowest BCUT2D eigenvalue weighted by Gasteiger charge is -2.06. The Balaban J connectivity index is 1.99. The molecule has 0 N–H and O–H groups in total. The molecule has 1 fully saturated rings. The van der Waals surface area contributed by atoms with Crippen molar-refractivity contribution in [1.82, 2.24) is 19.5 Å². The third-order valence-electron chi connectivity index (χ3n) is 3.69. The maximum absolute atomic E-state index is 4.78. The summed E-state index contributed by atoms with van der Waals surface area (Å²) >= 11 is 3.63. The minimum Gasteiger partial charge on any atom is -0.328 e. The van der Waals surface area contributed by atoms with Crippen LogP contribution in [0.25, 0.3) is 22.4 Å². The van der Waals surface area contributed by atoms with Gasteiger partial charge in [0.2, 0.25) is 0 Å². The molecule has 1 aliphatic carbocycles. The van der Waals surface area contributed by atoms with E-state index >= 15 is 0 Å². The molecule has 0 amide bonds. The van der Waals surface area contributed by atoms with Crippen LogP contribution in [-0.4, -0.2) is 19.5 Å². The Morgan fingerprint density at radius 1 is 1.20 bits per heavy atom. The monoisotopic (exact) mass is 328 g/mol. The number of aryl methyl sites for hydroxylation is 1. The third kappa shape index (κ3) is 1.85. The number of rotatable bonds is 2. The molecule has 4 rings (SSSR count). The molecule has 0 aliphatic heterocycles. The zero-order valence-corrected chi connectivity index (χ0v) is 12.6. The number of hydrogen-bond acceptors (Lipinski definition) is 3. The first kappa shape index (κ1) is 12.0. The predicted octanol–water partition coefficient (Wildman–Crippen LogP) is 3.90. The summed E-state index contributed by atoms with van der Waals surface area (Å²) in [6, 6.07) is 4.49. The van der Waals surface area contributed by atoms with E-state index in [-0.39, 0.29) is 0 Å². The number of nitrogens with zero attached hydrogens (tertiary/aromatic N) is 4. The number of fused-ring (bicyclic) bond motifs is 1. The minimum absolute atomic E-state index is 0.600. The number of aromatic nitrogens is 4. The van der Waals surface area contributed by atoms with E-state index in [2.05, 4.69) is 36.7 Å². The van der Waals surface area contributed by atoms with Gasteiger partial charge < -0.3 is 4.57 Å². The molecule has 0 unspecified atom stereocenters. The highest BCUT2D eigenvalue weighted by molar-refractivity contribution is 9.10. The molecule has 0 aromatic carbocycles. The second kappa shape index (κ2) is 4.38. The van der Waals surface area contributed by atoms with Gasteiger partial charge in [-0.3, -0.25) is 4.98 Å². The zero-order chi connectivity index (χ0) is 13.7. The van der Waals surface area contributed by atoms with Gasteiger partial charge in [-0.1, -0.05) is 0 Å². The molecule has 0 spiro atoms. The second-order valence-electron chi connectivity index (χ2n) is 5.18. The van der Waals surface area contributed by atoms with Crippen molar-refractivity contribution in [3.63, 3.8) is 0 Å². The molecule has 3 aromatic heterocycles. The highest BCUT2D eigenvalue weighted by Gasteiger charge is 2.27. The van der Waals surface area contributed by atoms with Gasteiger partial charge in [-0.25, -0.2) is 9.97 Å². The van der Waals surface area contributed by atoms with Gasteiger partial charge in [0.1, 0.15) is 5.65 Å². The molecule has 0 atom stereocenters. The Labute approximate surface area is 125 Å². The van der Waals surface area contributed by atoms with Crippen molar-refractivity contribution < 1.29 is 0 Å². The molecule has 3 aromatic rings. The maximum atomic E-state index is 4.78. The van der Waals surface area contributed by atoms with Crippen molar-refractivity contribution >= 4 is 27.0 Å². The molecule has 3 heterocycles. The van der Waals surface area contributed by atoms with Gasteiger partial charge in [0.25, 0.3) is 0 Å². The molecule has 0 bridgehead atoms. The fourth-order valence-electron chi connectivity index (χ4n) is 2.53. The molecule has 0 radical (unpaired) electrons. The lowest BCUT2D eigenvalue weighted by molar-refractivity contribution is 0.764. The molecule has 100 valence electrons. The zero-order valence-electron chi connectivity index (χ0n) is 11.0. The van der Waals surface area contributed by atoms with Crippen LogP contribution in [-0.2, 0) is 0 Å². The van der Waals surface area contributed by atoms with Gasteiger partial charge in [0.15, 0.2) is 5.82 Å². The van der Waals surface area contributed by atoms with Gasteiger partial charge in [0, 0.05) is 34.7 Å². The Morgan fingerprint density at radius 3 is 2.65 bits per heavy atom. The van der Waals surface area contributed by atoms with Gasteiger partial charge in [-0.15, -0.1) is 0 Å². The highest BCUT2D eigenvalue weighted by atomic mass is 79.9. The molecule has 5 heteroatoms. The van der Waals surface area contributed by atoms with E-state index in [1.54, 1.807) is 12.4 Å². The summed E-state index contributed by atoms with van der Waals surface area (Å²) < 4.78 is 3.36. The van der Waals surface area contributed by atoms with Gasteiger partial charge in [-0.2, -0.15) is 0 Å². The molecule has 1 saturated carbocycles. The Morgan fingerprint density at radius 2 is 1.95 bits per heavy atom. The van der Waals surface area contributed by atoms with Crippen molar-refractivity contribution in [3.8, 4) is 11.4 Å². The molecular weight excluding hydrogens is 316 g/mol. The smallest absolute Gasteiger partial charge is 0.161 e. The minimum atomic E-state index is 0.600. The van der Waals surface area contributed by atoms with E-state index in [1.165, 1.54) is 12.8 Å². The van der Waals surface area contributed by atoms with Crippen LogP contribution in [0, 0.1) is 6.92 Å². The van der Waals surface area contributed by atoms with E-state index in [0.717, 1.165) is 32.6 Å². The lowest BCUT2D eigenvalue weighted by Crippen LogP contribution is -1.98. The molecule has 4 nitrogen and oxygen atoms in total. The van der Waals surface area contributed by atoms with E-state index in [9.17, 15) is 0 Å². The normalized spacial score (nSPS) is 14.9. The summed E-state index contributed by atoms with van der Waals surface area (Å²) in [7, 11) is 0. The number of halogens is 1. The Bertz CT molecular complexity index is 790.